The standard InChI is InChI=1S/C11H17N3O3/c1-4-13-9(11(16)17-3)6-5-7-14-10(15)8(2)12/h1,8H,5-7,12H2,2-3H3,(H,14,15). The monoisotopic (exact) mass is 239 g/mol. The van der Waals surface area contributed by atoms with Crippen molar-refractivity contribution < 1.29 is 14.3 Å². The molecule has 0 aromatic heterocycles. The fourth-order valence-corrected chi connectivity index (χ4v) is 1.03. The fraction of sp³-hybridized carbons (Fsp3) is 0.545. The molecule has 6 nitrogen and oxygen atoms in total. The van der Waals surface area contributed by atoms with Gasteiger partial charge in [0.25, 0.3) is 0 Å². The van der Waals surface area contributed by atoms with Gasteiger partial charge in [-0.2, -0.15) is 4.99 Å². The Labute approximate surface area is 101 Å². The van der Waals surface area contributed by atoms with Crippen LogP contribution in [0.25, 0.3) is 0 Å². The van der Waals surface area contributed by atoms with Crippen LogP contribution >= 0.6 is 0 Å². The van der Waals surface area contributed by atoms with E-state index in [1.165, 1.54) is 7.11 Å². The second-order valence-electron chi connectivity index (χ2n) is 3.36. The summed E-state index contributed by atoms with van der Waals surface area (Å²) in [4.78, 5) is 25.9. The number of esters is 1. The number of hydrogen-bond donors (Lipinski definition) is 2. The van der Waals surface area contributed by atoms with Crippen molar-refractivity contribution in [3.63, 3.8) is 0 Å². The van der Waals surface area contributed by atoms with Gasteiger partial charge in [-0.25, -0.2) is 4.79 Å². The van der Waals surface area contributed by atoms with E-state index in [0.717, 1.165) is 0 Å². The van der Waals surface area contributed by atoms with E-state index in [0.29, 0.717) is 19.4 Å². The summed E-state index contributed by atoms with van der Waals surface area (Å²) in [7, 11) is 1.26. The molecule has 0 heterocycles. The molecule has 0 saturated carbocycles. The number of aliphatic imine (C=N–C) groups is 1. The van der Waals surface area contributed by atoms with E-state index in [4.69, 9.17) is 12.2 Å². The van der Waals surface area contributed by atoms with Crippen LogP contribution in [-0.2, 0) is 14.3 Å². The number of carbonyl (C=O) groups is 2. The maximum absolute atomic E-state index is 11.2. The minimum absolute atomic E-state index is 0.171. The second-order valence-corrected chi connectivity index (χ2v) is 3.36. The summed E-state index contributed by atoms with van der Waals surface area (Å²) < 4.78 is 4.51. The molecule has 0 saturated heterocycles. The van der Waals surface area contributed by atoms with Gasteiger partial charge in [0.05, 0.1) is 13.2 Å². The number of ether oxygens (including phenoxy) is 1. The summed E-state index contributed by atoms with van der Waals surface area (Å²) in [5.74, 6) is -0.792. The van der Waals surface area contributed by atoms with Crippen molar-refractivity contribution >= 4 is 17.6 Å². The van der Waals surface area contributed by atoms with Crippen molar-refractivity contribution in [2.75, 3.05) is 13.7 Å². The Morgan fingerprint density at radius 1 is 1.59 bits per heavy atom. The molecule has 1 unspecified atom stereocenters. The first-order valence-corrected chi connectivity index (χ1v) is 5.16. The van der Waals surface area contributed by atoms with Gasteiger partial charge in [-0.1, -0.05) is 6.42 Å². The summed E-state index contributed by atoms with van der Waals surface area (Å²) in [6.07, 6.45) is 5.86. The van der Waals surface area contributed by atoms with E-state index in [1.54, 1.807) is 6.92 Å². The van der Waals surface area contributed by atoms with Crippen LogP contribution in [0.5, 0.6) is 0 Å². The molecular formula is C11H17N3O3. The highest BCUT2D eigenvalue weighted by Crippen LogP contribution is 1.95. The molecule has 0 aromatic carbocycles. The third-order valence-corrected chi connectivity index (χ3v) is 1.92. The SMILES string of the molecule is C#CN=C(CCCNC(=O)C(C)N)C(=O)OC. The molecule has 0 rings (SSSR count). The third-order valence-electron chi connectivity index (χ3n) is 1.92. The lowest BCUT2D eigenvalue weighted by Crippen LogP contribution is -2.38. The number of nitrogens with one attached hydrogen (secondary N) is 1. The van der Waals surface area contributed by atoms with Crippen LogP contribution in [0, 0.1) is 12.5 Å². The Morgan fingerprint density at radius 3 is 2.71 bits per heavy atom. The molecule has 0 bridgehead atoms. The summed E-state index contributed by atoms with van der Waals surface area (Å²) >= 11 is 0. The number of nitrogens with zero attached hydrogens (tertiary/aromatic N) is 1. The number of rotatable bonds is 6. The van der Waals surface area contributed by atoms with E-state index in [9.17, 15) is 9.59 Å². The lowest BCUT2D eigenvalue weighted by atomic mass is 10.2. The molecule has 0 spiro atoms. The predicted octanol–water partition coefficient (Wildman–Crippen LogP) is -0.565. The summed E-state index contributed by atoms with van der Waals surface area (Å²) in [5.41, 5.74) is 5.53. The minimum atomic E-state index is -0.554. The Hall–Kier alpha value is -1.87. The predicted molar refractivity (Wildman–Crippen MR) is 64.2 cm³/mol. The summed E-state index contributed by atoms with van der Waals surface area (Å²) in [5, 5.41) is 2.61. The van der Waals surface area contributed by atoms with E-state index >= 15 is 0 Å². The highest BCUT2D eigenvalue weighted by atomic mass is 16.5. The number of hydrogen-bond acceptors (Lipinski definition) is 5. The first kappa shape index (κ1) is 15.1. The highest BCUT2D eigenvalue weighted by Gasteiger charge is 2.11. The molecule has 0 fully saturated rings. The lowest BCUT2D eigenvalue weighted by molar-refractivity contribution is -0.132. The van der Waals surface area contributed by atoms with Crippen molar-refractivity contribution in [3.05, 3.63) is 0 Å². The Bertz CT molecular complexity index is 342. The van der Waals surface area contributed by atoms with Gasteiger partial charge in [-0.05, 0) is 19.8 Å². The maximum atomic E-state index is 11.2. The molecular weight excluding hydrogens is 222 g/mol. The molecule has 1 atom stereocenters. The van der Waals surface area contributed by atoms with Crippen molar-refractivity contribution in [3.8, 4) is 12.5 Å². The highest BCUT2D eigenvalue weighted by molar-refractivity contribution is 6.36. The average Bonchev–Trinajstić information content (AvgIpc) is 2.31. The van der Waals surface area contributed by atoms with E-state index in [-0.39, 0.29) is 11.6 Å². The molecule has 0 radical (unpaired) electrons. The van der Waals surface area contributed by atoms with Gasteiger partial charge < -0.3 is 15.8 Å². The molecule has 1 amide bonds. The molecule has 0 aliphatic carbocycles. The number of methoxy groups -OCH3 is 1. The Morgan fingerprint density at radius 2 is 2.24 bits per heavy atom. The van der Waals surface area contributed by atoms with E-state index in [1.807, 2.05) is 6.04 Å². The van der Waals surface area contributed by atoms with Crippen LogP contribution in [0.3, 0.4) is 0 Å². The molecule has 0 aliphatic rings. The zero-order chi connectivity index (χ0) is 13.3. The number of amides is 1. The van der Waals surface area contributed by atoms with Crippen LogP contribution in [0.4, 0.5) is 0 Å². The Kier molecular flexibility index (Phi) is 7.39. The summed E-state index contributed by atoms with van der Waals surface area (Å²) in [6.45, 7) is 2.00. The lowest BCUT2D eigenvalue weighted by Gasteiger charge is -2.07. The van der Waals surface area contributed by atoms with Crippen molar-refractivity contribution in [2.24, 2.45) is 10.7 Å². The van der Waals surface area contributed by atoms with Crippen molar-refractivity contribution in [1.82, 2.24) is 5.32 Å². The van der Waals surface area contributed by atoms with Gasteiger partial charge in [0.2, 0.25) is 5.91 Å². The Balaban J connectivity index is 4.02. The topological polar surface area (TPSA) is 93.8 Å². The molecule has 6 heteroatoms. The van der Waals surface area contributed by atoms with Crippen LogP contribution in [0.1, 0.15) is 19.8 Å². The molecule has 94 valence electrons. The number of carbonyl (C=O) groups excluding carboxylic acids is 2. The van der Waals surface area contributed by atoms with E-state index in [2.05, 4.69) is 15.0 Å². The van der Waals surface area contributed by atoms with E-state index < -0.39 is 12.0 Å². The van der Waals surface area contributed by atoms with Gasteiger partial charge in [-0.15, -0.1) is 0 Å². The van der Waals surface area contributed by atoms with Gasteiger partial charge in [0, 0.05) is 12.6 Å². The normalized spacial score (nSPS) is 12.5. The first-order valence-electron chi connectivity index (χ1n) is 5.16. The maximum Gasteiger partial charge on any atom is 0.353 e. The van der Waals surface area contributed by atoms with Crippen LogP contribution in [0.15, 0.2) is 4.99 Å². The largest absolute Gasteiger partial charge is 0.465 e. The molecule has 0 aromatic rings. The average molecular weight is 239 g/mol. The van der Waals surface area contributed by atoms with Gasteiger partial charge >= 0.3 is 5.97 Å². The molecule has 0 aliphatic heterocycles. The smallest absolute Gasteiger partial charge is 0.353 e. The summed E-state index contributed by atoms with van der Waals surface area (Å²) in [6, 6.07) is 1.48. The van der Waals surface area contributed by atoms with Crippen molar-refractivity contribution in [2.45, 2.75) is 25.8 Å². The zero-order valence-corrected chi connectivity index (χ0v) is 10.0. The zero-order valence-electron chi connectivity index (χ0n) is 10.0. The molecule has 17 heavy (non-hydrogen) atoms. The van der Waals surface area contributed by atoms with Crippen LogP contribution in [0.2, 0.25) is 0 Å². The number of nitrogens with two attached hydrogens (primary N) is 1. The third kappa shape index (κ3) is 6.33. The van der Waals surface area contributed by atoms with Crippen molar-refractivity contribution in [1.29, 1.82) is 0 Å². The van der Waals surface area contributed by atoms with Gasteiger partial charge in [0.1, 0.15) is 5.71 Å². The fourth-order valence-electron chi connectivity index (χ4n) is 1.03. The second kappa shape index (κ2) is 8.30. The van der Waals surface area contributed by atoms with Gasteiger partial charge in [-0.3, -0.25) is 4.79 Å². The van der Waals surface area contributed by atoms with Gasteiger partial charge in [0.15, 0.2) is 0 Å². The number of terminal acetylenes is 1. The minimum Gasteiger partial charge on any atom is -0.465 e. The van der Waals surface area contributed by atoms with Crippen LogP contribution in [-0.4, -0.2) is 37.3 Å². The van der Waals surface area contributed by atoms with Crippen LogP contribution < -0.4 is 11.1 Å². The first-order chi connectivity index (χ1) is 8.02. The quantitative estimate of drug-likeness (QED) is 0.281. The molecule has 3 N–H and O–H groups in total.